The SMILES string of the molecule is COc1cc(C(=O)O[C@H]2[C@H](O[C@@H]3[C@@H](OC(C)=O)[C@H](O[C@H]4C[C@H]5[C@@H]6CC=C7C[C@@H](O[C@@H]8O[C@H](CO[C@@H]9O[C@H](CO)[C@@H](O)[C@H](O)[C@H]9O)[C@@H](O)[C@H](O)[C@H]8O)CC[C@]7(C)[C@H]6CC[C@]5(C)[C@@]4(O)[C@@H](C)C(=O)CCC(C)C)OC[C@@H]3O)OC[C@@H](O)[C@@H]2O)cc(OC)c1OC. The van der Waals surface area contributed by atoms with Crippen LogP contribution >= 0.6 is 0 Å². The summed E-state index contributed by atoms with van der Waals surface area (Å²) in [6.45, 7) is 8.94. The Balaban J connectivity index is 0.937. The smallest absolute Gasteiger partial charge is 0.338 e. The summed E-state index contributed by atoms with van der Waals surface area (Å²) in [5, 5.41) is 121. The van der Waals surface area contributed by atoms with Gasteiger partial charge in [-0.25, -0.2) is 4.79 Å². The molecule has 7 fully saturated rings. The summed E-state index contributed by atoms with van der Waals surface area (Å²) < 4.78 is 76.7. The molecule has 11 N–H and O–H groups in total. The lowest BCUT2D eigenvalue weighted by atomic mass is 9.46. The zero-order valence-electron chi connectivity index (χ0n) is 51.3. The molecule has 8 aliphatic rings. The van der Waals surface area contributed by atoms with Gasteiger partial charge in [-0.05, 0) is 92.6 Å². The van der Waals surface area contributed by atoms with Gasteiger partial charge in [-0.15, -0.1) is 0 Å². The summed E-state index contributed by atoms with van der Waals surface area (Å²) in [6.07, 6.45) is -23.9. The highest BCUT2D eigenvalue weighted by atomic mass is 16.8. The number of ketones is 1. The lowest BCUT2D eigenvalue weighted by molar-refractivity contribution is -0.345. The van der Waals surface area contributed by atoms with Crippen LogP contribution in [0.3, 0.4) is 0 Å². The molecule has 0 unspecified atom stereocenters. The van der Waals surface area contributed by atoms with E-state index in [9.17, 15) is 70.6 Å². The van der Waals surface area contributed by atoms with Crippen LogP contribution in [0.1, 0.15) is 110 Å². The predicted octanol–water partition coefficient (Wildman–Crippen LogP) is -0.310. The second-order valence-corrected chi connectivity index (χ2v) is 26.1. The molecular weight excluding hydrogens is 1160 g/mol. The van der Waals surface area contributed by atoms with Gasteiger partial charge in [-0.2, -0.15) is 0 Å². The van der Waals surface area contributed by atoms with Crippen molar-refractivity contribution in [1.29, 1.82) is 0 Å². The Morgan fingerprint density at radius 2 is 1.31 bits per heavy atom. The van der Waals surface area contributed by atoms with E-state index in [1.807, 2.05) is 20.8 Å². The van der Waals surface area contributed by atoms with Crippen molar-refractivity contribution in [3.05, 3.63) is 29.3 Å². The minimum Gasteiger partial charge on any atom is -0.493 e. The van der Waals surface area contributed by atoms with Gasteiger partial charge in [0.2, 0.25) is 5.75 Å². The lowest BCUT2D eigenvalue weighted by Crippen LogP contribution is -2.64. The Hall–Kier alpha value is -3.79. The van der Waals surface area contributed by atoms with Crippen LogP contribution in [-0.2, 0) is 57.0 Å². The average Bonchev–Trinajstić information content (AvgIpc) is 1.48. The molecule has 3 saturated carbocycles. The summed E-state index contributed by atoms with van der Waals surface area (Å²) in [7, 11) is 4.09. The van der Waals surface area contributed by atoms with Gasteiger partial charge < -0.3 is 118 Å². The molecule has 498 valence electrons. The number of fused-ring (bicyclic) bond motifs is 5. The molecule has 27 heteroatoms. The van der Waals surface area contributed by atoms with Gasteiger partial charge in [0, 0.05) is 24.7 Å². The summed E-state index contributed by atoms with van der Waals surface area (Å²) in [6, 6.07) is 2.63. The third-order valence-electron chi connectivity index (χ3n) is 20.6. The first kappa shape index (κ1) is 68.6. The number of aliphatic hydroxyl groups is 11. The Labute approximate surface area is 510 Å². The van der Waals surface area contributed by atoms with Crippen LogP contribution < -0.4 is 14.2 Å². The standard InChI is InChI=1S/C61H92O27/c1-26(2)10-13-35(64)27(3)61(75)42(86-58-53(82-28(4)63)50(37(66)24-80-58)88-57-52(43(67)36(65)23-79-57)87-54(74)29-18-38(76-7)51(78-9)39(19-29)77-8)21-34-32-12-11-30-20-31(14-16-59(30,5)33(32)15-17-60(34,61)6)83-56-49(73)47(71)45(69)41(85-56)25-81-55-48(72)46(70)44(68)40(22-62)84-55/h11,18-19,26-27,31-34,36-37,40-50,52-53,55-58,62,65-73,75H,10,12-17,20-25H2,1-9H3/t27-,31-,32+,33-,34-,36+,37-,40+,41+,42-,43-,44+,45+,46-,47-,48+,49+,50-,52+,53+,55+,56+,57-,58-,59-,60-,61+/m0/s1. The summed E-state index contributed by atoms with van der Waals surface area (Å²) in [5.74, 6) is -2.58. The number of carbonyl (C=O) groups is 3. The van der Waals surface area contributed by atoms with Crippen molar-refractivity contribution < 1.29 is 132 Å². The minimum atomic E-state index is -1.83. The van der Waals surface area contributed by atoms with Gasteiger partial charge in [0.1, 0.15) is 84.6 Å². The first-order chi connectivity index (χ1) is 41.6. The third kappa shape index (κ3) is 13.0. The Morgan fingerprint density at radius 3 is 1.93 bits per heavy atom. The highest BCUT2D eigenvalue weighted by molar-refractivity contribution is 5.91. The highest BCUT2D eigenvalue weighted by Gasteiger charge is 2.71. The number of benzene rings is 1. The lowest BCUT2D eigenvalue weighted by Gasteiger charge is -2.59. The second kappa shape index (κ2) is 27.8. The van der Waals surface area contributed by atoms with Crippen LogP contribution in [0.5, 0.6) is 17.2 Å². The molecule has 0 radical (unpaired) electrons. The fourth-order valence-electron chi connectivity index (χ4n) is 15.4. The van der Waals surface area contributed by atoms with Crippen molar-refractivity contribution in [3.8, 4) is 17.2 Å². The first-order valence-electron chi connectivity index (χ1n) is 30.6. The predicted molar refractivity (Wildman–Crippen MR) is 300 cm³/mol. The van der Waals surface area contributed by atoms with E-state index in [2.05, 4.69) is 13.0 Å². The van der Waals surface area contributed by atoms with Gasteiger partial charge in [-0.3, -0.25) is 9.59 Å². The number of allylic oxidation sites excluding steroid dienone is 1. The number of methoxy groups -OCH3 is 3. The minimum absolute atomic E-state index is 0.0351. The van der Waals surface area contributed by atoms with Gasteiger partial charge in [-0.1, -0.05) is 46.3 Å². The second-order valence-electron chi connectivity index (χ2n) is 26.1. The quantitative estimate of drug-likeness (QED) is 0.0555. The molecule has 4 aliphatic heterocycles. The molecule has 0 spiro atoms. The number of carbonyl (C=O) groups excluding carboxylic acids is 3. The van der Waals surface area contributed by atoms with Crippen LogP contribution in [-0.4, -0.2) is 250 Å². The zero-order valence-corrected chi connectivity index (χ0v) is 51.3. The number of hydrogen-bond donors (Lipinski definition) is 11. The Kier molecular flexibility index (Phi) is 21.7. The first-order valence-corrected chi connectivity index (χ1v) is 30.6. The van der Waals surface area contributed by atoms with Crippen molar-refractivity contribution in [2.24, 2.45) is 40.4 Å². The van der Waals surface area contributed by atoms with E-state index in [1.165, 1.54) is 33.5 Å². The van der Waals surface area contributed by atoms with Crippen LogP contribution in [0.15, 0.2) is 23.8 Å². The molecular formula is C61H92O27. The van der Waals surface area contributed by atoms with Gasteiger partial charge in [0.25, 0.3) is 0 Å². The molecule has 1 aromatic rings. The van der Waals surface area contributed by atoms with Crippen LogP contribution in [0.2, 0.25) is 0 Å². The molecule has 27 atom stereocenters. The fourth-order valence-corrected chi connectivity index (χ4v) is 15.4. The van der Waals surface area contributed by atoms with Crippen LogP contribution in [0, 0.1) is 40.4 Å². The topological polar surface area (TPSA) is 394 Å². The molecule has 27 nitrogen and oxygen atoms in total. The number of rotatable bonds is 21. The normalized spacial score (nSPS) is 43.7. The number of Topliss-reactive ketones (excluding diaryl/α,β-unsaturated/α-hetero) is 1. The average molecular weight is 1260 g/mol. The molecule has 88 heavy (non-hydrogen) atoms. The summed E-state index contributed by atoms with van der Waals surface area (Å²) in [4.78, 5) is 41.5. The number of hydrogen-bond acceptors (Lipinski definition) is 27. The van der Waals surface area contributed by atoms with Crippen molar-refractivity contribution in [1.82, 2.24) is 0 Å². The summed E-state index contributed by atoms with van der Waals surface area (Å²) in [5.41, 5.74) is -2.12. The Morgan fingerprint density at radius 1 is 0.682 bits per heavy atom. The van der Waals surface area contributed by atoms with Crippen LogP contribution in [0.4, 0.5) is 0 Å². The largest absolute Gasteiger partial charge is 0.493 e. The maximum absolute atomic E-state index is 14.5. The van der Waals surface area contributed by atoms with E-state index < -0.39 is 178 Å². The molecule has 0 amide bonds. The van der Waals surface area contributed by atoms with E-state index in [0.29, 0.717) is 44.9 Å². The number of esters is 2. The van der Waals surface area contributed by atoms with Crippen LogP contribution in [0.25, 0.3) is 0 Å². The van der Waals surface area contributed by atoms with E-state index >= 15 is 0 Å². The maximum atomic E-state index is 14.5. The Bertz CT molecular complexity index is 2580. The number of ether oxygens (including phenoxy) is 13. The molecule has 1 aromatic carbocycles. The number of aliphatic hydroxyl groups excluding tert-OH is 10. The van der Waals surface area contributed by atoms with Crippen molar-refractivity contribution >= 4 is 17.7 Å². The third-order valence-corrected chi connectivity index (χ3v) is 20.6. The van der Waals surface area contributed by atoms with E-state index in [4.69, 9.17) is 61.6 Å². The van der Waals surface area contributed by atoms with E-state index in [0.717, 1.165) is 12.5 Å². The highest BCUT2D eigenvalue weighted by Crippen LogP contribution is 2.69. The molecule has 0 aromatic heterocycles. The molecule has 4 heterocycles. The van der Waals surface area contributed by atoms with Gasteiger partial charge >= 0.3 is 11.9 Å². The van der Waals surface area contributed by atoms with Gasteiger partial charge in [0.05, 0.1) is 65.5 Å². The van der Waals surface area contributed by atoms with E-state index in [-0.39, 0.29) is 70.5 Å². The maximum Gasteiger partial charge on any atom is 0.338 e. The molecule has 4 aliphatic carbocycles. The molecule has 4 saturated heterocycles. The van der Waals surface area contributed by atoms with Crippen molar-refractivity contribution in [2.45, 2.75) is 228 Å². The molecule has 9 rings (SSSR count). The van der Waals surface area contributed by atoms with Crippen molar-refractivity contribution in [2.75, 3.05) is 47.8 Å². The fraction of sp³-hybridized carbons (Fsp3) is 0.820. The zero-order chi connectivity index (χ0) is 64.1. The summed E-state index contributed by atoms with van der Waals surface area (Å²) >= 11 is 0. The monoisotopic (exact) mass is 1260 g/mol. The van der Waals surface area contributed by atoms with E-state index in [1.54, 1.807) is 6.92 Å². The molecule has 0 bridgehead atoms. The van der Waals surface area contributed by atoms with Gasteiger partial charge in [0.15, 0.2) is 48.9 Å². The van der Waals surface area contributed by atoms with Crippen molar-refractivity contribution in [3.63, 3.8) is 0 Å².